The summed E-state index contributed by atoms with van der Waals surface area (Å²) in [7, 11) is 0. The summed E-state index contributed by atoms with van der Waals surface area (Å²) in [6.07, 6.45) is 3.43. The maximum absolute atomic E-state index is 4.89. The highest BCUT2D eigenvalue weighted by Crippen LogP contribution is 2.39. The zero-order valence-corrected chi connectivity index (χ0v) is 16.2. The van der Waals surface area contributed by atoms with E-state index >= 15 is 0 Å². The van der Waals surface area contributed by atoms with Crippen LogP contribution in [-0.4, -0.2) is 25.4 Å². The fraction of sp³-hybridized carbons (Fsp3) is 0.261. The van der Waals surface area contributed by atoms with Gasteiger partial charge in [-0.1, -0.05) is 50.2 Å². The number of pyridine rings is 1. The monoisotopic (exact) mass is 369 g/mol. The maximum Gasteiger partial charge on any atom is 0.114 e. The lowest BCUT2D eigenvalue weighted by Crippen LogP contribution is -2.23. The largest absolute Gasteiger partial charge is 0.281 e. The van der Waals surface area contributed by atoms with E-state index in [1.807, 2.05) is 42.5 Å². The molecular weight excluding hydrogens is 346 g/mol. The van der Waals surface area contributed by atoms with Gasteiger partial charge in [0.1, 0.15) is 5.69 Å². The Bertz CT molecular complexity index is 1120. The summed E-state index contributed by atoms with van der Waals surface area (Å²) in [6.45, 7) is 4.57. The van der Waals surface area contributed by atoms with Crippen LogP contribution in [0.4, 0.5) is 0 Å². The Balaban J connectivity index is 1.52. The summed E-state index contributed by atoms with van der Waals surface area (Å²) in [6, 6.07) is 18.3. The van der Waals surface area contributed by atoms with Crippen molar-refractivity contribution in [2.45, 2.75) is 38.5 Å². The van der Waals surface area contributed by atoms with Gasteiger partial charge in [-0.25, -0.2) is 4.98 Å². The second-order valence-corrected chi connectivity index (χ2v) is 8.10. The van der Waals surface area contributed by atoms with Gasteiger partial charge in [-0.05, 0) is 37.5 Å². The first kappa shape index (κ1) is 16.9. The summed E-state index contributed by atoms with van der Waals surface area (Å²) in [5.74, 6) is 0. The molecule has 1 aromatic carbocycles. The molecule has 0 radical (unpaired) electrons. The highest BCUT2D eigenvalue weighted by atomic mass is 15.1. The molecule has 0 saturated heterocycles. The lowest BCUT2D eigenvalue weighted by molar-refractivity contribution is 0.420. The van der Waals surface area contributed by atoms with Crippen LogP contribution in [0.1, 0.15) is 37.9 Å². The third-order valence-corrected chi connectivity index (χ3v) is 5.69. The number of fused-ring (bicyclic) bond motifs is 1. The molecule has 0 spiro atoms. The first-order valence-corrected chi connectivity index (χ1v) is 9.78. The maximum atomic E-state index is 4.89. The number of nitrogens with one attached hydrogen (secondary N) is 2. The number of H-pyrrole nitrogens is 2. The van der Waals surface area contributed by atoms with Crippen LogP contribution in [0, 0.1) is 0 Å². The van der Waals surface area contributed by atoms with Gasteiger partial charge in [-0.15, -0.1) is 0 Å². The predicted molar refractivity (Wildman–Crippen MR) is 111 cm³/mol. The van der Waals surface area contributed by atoms with Gasteiger partial charge in [0.2, 0.25) is 0 Å². The molecule has 0 atom stereocenters. The van der Waals surface area contributed by atoms with Crippen molar-refractivity contribution in [1.29, 1.82) is 0 Å². The minimum atomic E-state index is 0.143. The Morgan fingerprint density at radius 3 is 2.54 bits per heavy atom. The number of aromatic nitrogens is 5. The third-order valence-electron chi connectivity index (χ3n) is 5.69. The van der Waals surface area contributed by atoms with Gasteiger partial charge < -0.3 is 0 Å². The van der Waals surface area contributed by atoms with Gasteiger partial charge in [-0.3, -0.25) is 10.2 Å². The number of benzene rings is 1. The average molecular weight is 369 g/mol. The zero-order valence-electron chi connectivity index (χ0n) is 16.2. The van der Waals surface area contributed by atoms with E-state index < -0.39 is 0 Å². The van der Waals surface area contributed by atoms with Crippen molar-refractivity contribution in [3.63, 3.8) is 0 Å². The van der Waals surface area contributed by atoms with Crippen LogP contribution in [0.25, 0.3) is 34.0 Å². The number of nitrogens with zero attached hydrogens (tertiary/aromatic N) is 3. The molecule has 0 bridgehead atoms. The third kappa shape index (κ3) is 2.83. The van der Waals surface area contributed by atoms with Crippen molar-refractivity contribution in [2.75, 3.05) is 0 Å². The average Bonchev–Trinajstić information content (AvgIpc) is 3.37. The van der Waals surface area contributed by atoms with E-state index in [0.717, 1.165) is 40.5 Å². The molecule has 3 aromatic heterocycles. The second-order valence-electron chi connectivity index (χ2n) is 8.10. The van der Waals surface area contributed by atoms with Crippen LogP contribution in [0.5, 0.6) is 0 Å². The second kappa shape index (κ2) is 6.44. The van der Waals surface area contributed by atoms with Crippen LogP contribution < -0.4 is 0 Å². The Labute approximate surface area is 164 Å². The highest BCUT2D eigenvalue weighted by Gasteiger charge is 2.32. The molecule has 1 aliphatic carbocycles. The SMILES string of the molecule is CC1(C)CCCc2c(-c3cccc(-c4cc(-c5ccccc5)n[nH]4)n3)n[nH]c21. The van der Waals surface area contributed by atoms with Gasteiger partial charge in [-0.2, -0.15) is 10.2 Å². The van der Waals surface area contributed by atoms with Gasteiger partial charge in [0.05, 0.1) is 22.8 Å². The fourth-order valence-corrected chi connectivity index (χ4v) is 4.14. The summed E-state index contributed by atoms with van der Waals surface area (Å²) >= 11 is 0. The molecule has 2 N–H and O–H groups in total. The molecule has 0 unspecified atom stereocenters. The molecular formula is C23H23N5. The van der Waals surface area contributed by atoms with Gasteiger partial charge >= 0.3 is 0 Å². The van der Waals surface area contributed by atoms with E-state index in [2.05, 4.69) is 46.4 Å². The van der Waals surface area contributed by atoms with Gasteiger partial charge in [0.15, 0.2) is 0 Å². The molecule has 0 fully saturated rings. The minimum absolute atomic E-state index is 0.143. The number of aromatic amines is 2. The summed E-state index contributed by atoms with van der Waals surface area (Å²) in [4.78, 5) is 4.89. The lowest BCUT2D eigenvalue weighted by Gasteiger charge is -2.29. The van der Waals surface area contributed by atoms with E-state index in [9.17, 15) is 0 Å². The van der Waals surface area contributed by atoms with Crippen molar-refractivity contribution < 1.29 is 0 Å². The molecule has 3 heterocycles. The molecule has 5 heteroatoms. The van der Waals surface area contributed by atoms with Crippen LogP contribution >= 0.6 is 0 Å². The van der Waals surface area contributed by atoms with E-state index in [-0.39, 0.29) is 5.41 Å². The van der Waals surface area contributed by atoms with Crippen molar-refractivity contribution in [3.8, 4) is 34.0 Å². The van der Waals surface area contributed by atoms with E-state index in [0.29, 0.717) is 0 Å². The standard InChI is InChI=1S/C23H23N5/c1-23(2)13-7-10-16-21(27-28-22(16)23)18-12-6-11-17(24-18)20-14-19(25-26-20)15-8-4-3-5-9-15/h3-6,8-9,11-12,14H,7,10,13H2,1-2H3,(H,25,26)(H,27,28). The number of rotatable bonds is 3. The Hall–Kier alpha value is -3.21. The van der Waals surface area contributed by atoms with Crippen LogP contribution in [-0.2, 0) is 11.8 Å². The molecule has 1 aliphatic rings. The number of hydrogen-bond donors (Lipinski definition) is 2. The first-order chi connectivity index (χ1) is 13.6. The summed E-state index contributed by atoms with van der Waals surface area (Å²) in [5, 5.41) is 15.5. The van der Waals surface area contributed by atoms with E-state index in [1.165, 1.54) is 24.1 Å². The van der Waals surface area contributed by atoms with Gasteiger partial charge in [0, 0.05) is 22.2 Å². The van der Waals surface area contributed by atoms with Crippen LogP contribution in [0.3, 0.4) is 0 Å². The Morgan fingerprint density at radius 2 is 1.68 bits per heavy atom. The quantitative estimate of drug-likeness (QED) is 0.525. The van der Waals surface area contributed by atoms with Crippen LogP contribution in [0.2, 0.25) is 0 Å². The highest BCUT2D eigenvalue weighted by molar-refractivity contribution is 5.69. The molecule has 0 amide bonds. The topological polar surface area (TPSA) is 70.2 Å². The molecule has 0 saturated carbocycles. The molecule has 5 rings (SSSR count). The van der Waals surface area contributed by atoms with Crippen molar-refractivity contribution >= 4 is 0 Å². The molecule has 28 heavy (non-hydrogen) atoms. The molecule has 0 aliphatic heterocycles. The lowest BCUT2D eigenvalue weighted by atomic mass is 9.76. The first-order valence-electron chi connectivity index (χ1n) is 9.78. The molecule has 140 valence electrons. The number of hydrogen-bond acceptors (Lipinski definition) is 3. The molecule has 5 nitrogen and oxygen atoms in total. The summed E-state index contributed by atoms with van der Waals surface area (Å²) in [5.41, 5.74) is 8.39. The summed E-state index contributed by atoms with van der Waals surface area (Å²) < 4.78 is 0. The van der Waals surface area contributed by atoms with E-state index in [1.54, 1.807) is 0 Å². The fourth-order valence-electron chi connectivity index (χ4n) is 4.14. The Kier molecular flexibility index (Phi) is 3.90. The Morgan fingerprint density at radius 1 is 0.857 bits per heavy atom. The van der Waals surface area contributed by atoms with Gasteiger partial charge in [0.25, 0.3) is 0 Å². The van der Waals surface area contributed by atoms with E-state index in [4.69, 9.17) is 4.98 Å². The van der Waals surface area contributed by atoms with Crippen molar-refractivity contribution in [1.82, 2.24) is 25.4 Å². The van der Waals surface area contributed by atoms with Crippen molar-refractivity contribution in [2.24, 2.45) is 0 Å². The molecule has 4 aromatic rings. The zero-order chi connectivity index (χ0) is 19.1. The predicted octanol–water partition coefficient (Wildman–Crippen LogP) is 5.14. The minimum Gasteiger partial charge on any atom is -0.281 e. The van der Waals surface area contributed by atoms with Crippen molar-refractivity contribution in [3.05, 3.63) is 65.9 Å². The normalized spacial score (nSPS) is 15.4. The smallest absolute Gasteiger partial charge is 0.114 e. The van der Waals surface area contributed by atoms with Crippen LogP contribution in [0.15, 0.2) is 54.6 Å².